The van der Waals surface area contributed by atoms with E-state index in [1.54, 1.807) is 0 Å². The number of nitrogens with zero attached hydrogens (tertiary/aromatic N) is 1. The monoisotopic (exact) mass is 263 g/mol. The third kappa shape index (κ3) is 2.07. The first kappa shape index (κ1) is 12.8. The van der Waals surface area contributed by atoms with Crippen molar-refractivity contribution in [1.29, 1.82) is 0 Å². The van der Waals surface area contributed by atoms with Crippen LogP contribution in [0.5, 0.6) is 0 Å². The molecule has 1 heterocycles. The van der Waals surface area contributed by atoms with Gasteiger partial charge in [-0.15, -0.1) is 0 Å². The first-order chi connectivity index (χ1) is 7.84. The fourth-order valence-electron chi connectivity index (χ4n) is 2.75. The van der Waals surface area contributed by atoms with Crippen LogP contribution in [-0.4, -0.2) is 53.3 Å². The van der Waals surface area contributed by atoms with Gasteiger partial charge in [0.05, 0.1) is 6.10 Å². The van der Waals surface area contributed by atoms with Crippen molar-refractivity contribution >= 4 is 16.0 Å². The van der Waals surface area contributed by atoms with Gasteiger partial charge in [-0.1, -0.05) is 0 Å². The Morgan fingerprint density at radius 3 is 2.53 bits per heavy atom. The van der Waals surface area contributed by atoms with E-state index < -0.39 is 27.3 Å². The normalized spacial score (nSPS) is 35.8. The van der Waals surface area contributed by atoms with E-state index in [4.69, 9.17) is 5.11 Å². The molecule has 98 valence electrons. The Morgan fingerprint density at radius 1 is 1.35 bits per heavy atom. The zero-order chi connectivity index (χ0) is 12.8. The molecule has 4 atom stereocenters. The summed E-state index contributed by atoms with van der Waals surface area (Å²) in [5.41, 5.74) is 0. The minimum Gasteiger partial charge on any atom is -0.480 e. The Hall–Kier alpha value is -0.660. The number of fused-ring (bicyclic) bond motifs is 1. The summed E-state index contributed by atoms with van der Waals surface area (Å²) in [5, 5.41) is 17.1. The maximum absolute atomic E-state index is 12.0. The summed E-state index contributed by atoms with van der Waals surface area (Å²) in [7, 11) is -3.78. The van der Waals surface area contributed by atoms with E-state index in [1.807, 2.05) is 0 Å². The second-order valence-corrected chi connectivity index (χ2v) is 7.16. The Bertz CT molecular complexity index is 420. The molecule has 1 aliphatic carbocycles. The van der Waals surface area contributed by atoms with Crippen molar-refractivity contribution in [3.63, 3.8) is 0 Å². The predicted octanol–water partition coefficient (Wildman–Crippen LogP) is -0.508. The highest BCUT2D eigenvalue weighted by Crippen LogP contribution is 2.39. The van der Waals surface area contributed by atoms with Gasteiger partial charge in [-0.05, 0) is 25.7 Å². The highest BCUT2D eigenvalue weighted by atomic mass is 32.2. The van der Waals surface area contributed by atoms with Gasteiger partial charge in [0, 0.05) is 19.0 Å². The molecule has 1 saturated carbocycles. The molecule has 0 aromatic rings. The quantitative estimate of drug-likeness (QED) is 0.715. The Balaban J connectivity index is 2.13. The van der Waals surface area contributed by atoms with Crippen molar-refractivity contribution in [2.45, 2.75) is 31.1 Å². The summed E-state index contributed by atoms with van der Waals surface area (Å²) in [5.74, 6) is -1.17. The fraction of sp³-hybridized carbons (Fsp3) is 0.900. The lowest BCUT2D eigenvalue weighted by molar-refractivity contribution is -0.136. The van der Waals surface area contributed by atoms with E-state index in [9.17, 15) is 18.3 Å². The summed E-state index contributed by atoms with van der Waals surface area (Å²) in [6, 6.07) is 0. The molecule has 7 heteroatoms. The third-order valence-electron chi connectivity index (χ3n) is 3.94. The second-order valence-electron chi connectivity index (χ2n) is 4.91. The number of aliphatic carboxylic acids is 1. The molecular weight excluding hydrogens is 246 g/mol. The van der Waals surface area contributed by atoms with Crippen LogP contribution in [0, 0.1) is 11.8 Å². The Kier molecular flexibility index (Phi) is 3.17. The Morgan fingerprint density at radius 2 is 2.00 bits per heavy atom. The minimum absolute atomic E-state index is 0.0224. The molecule has 2 N–H and O–H groups in total. The SMILES string of the molecule is CC(C(=O)O)S(=O)(=O)N1CC2CCC(O)C2C1. The van der Waals surface area contributed by atoms with E-state index >= 15 is 0 Å². The van der Waals surface area contributed by atoms with E-state index in [2.05, 4.69) is 0 Å². The van der Waals surface area contributed by atoms with Crippen molar-refractivity contribution in [2.24, 2.45) is 11.8 Å². The topological polar surface area (TPSA) is 94.9 Å². The van der Waals surface area contributed by atoms with Gasteiger partial charge in [-0.25, -0.2) is 12.7 Å². The maximum atomic E-state index is 12.0. The van der Waals surface area contributed by atoms with Crippen LogP contribution in [0.3, 0.4) is 0 Å². The second kappa shape index (κ2) is 4.22. The van der Waals surface area contributed by atoms with Crippen LogP contribution >= 0.6 is 0 Å². The van der Waals surface area contributed by atoms with Gasteiger partial charge >= 0.3 is 5.97 Å². The molecule has 17 heavy (non-hydrogen) atoms. The zero-order valence-electron chi connectivity index (χ0n) is 9.61. The van der Waals surface area contributed by atoms with Crippen LogP contribution in [0.25, 0.3) is 0 Å². The zero-order valence-corrected chi connectivity index (χ0v) is 10.4. The molecule has 0 bridgehead atoms. The summed E-state index contributed by atoms with van der Waals surface area (Å²) in [6.45, 7) is 1.79. The predicted molar refractivity (Wildman–Crippen MR) is 59.8 cm³/mol. The van der Waals surface area contributed by atoms with Gasteiger partial charge < -0.3 is 10.2 Å². The Labute approximate surface area is 100 Å². The van der Waals surface area contributed by atoms with E-state index in [-0.39, 0.29) is 18.4 Å². The standard InChI is InChI=1S/C10H17NO5S/c1-6(10(13)14)17(15,16)11-4-7-2-3-9(12)8(7)5-11/h6-9,12H,2-5H2,1H3,(H,13,14). The molecule has 0 aromatic carbocycles. The molecule has 0 amide bonds. The number of carboxylic acid groups (broad SMARTS) is 1. The molecule has 0 aromatic heterocycles. The van der Waals surface area contributed by atoms with Gasteiger partial charge in [-0.3, -0.25) is 4.79 Å². The number of carbonyl (C=O) groups is 1. The van der Waals surface area contributed by atoms with Crippen molar-refractivity contribution < 1.29 is 23.4 Å². The van der Waals surface area contributed by atoms with E-state index in [0.717, 1.165) is 12.8 Å². The van der Waals surface area contributed by atoms with Crippen molar-refractivity contribution in [3.8, 4) is 0 Å². The lowest BCUT2D eigenvalue weighted by Crippen LogP contribution is -2.40. The number of sulfonamides is 1. The number of hydrogen-bond acceptors (Lipinski definition) is 4. The first-order valence-electron chi connectivity index (χ1n) is 5.74. The maximum Gasteiger partial charge on any atom is 0.323 e. The van der Waals surface area contributed by atoms with E-state index in [1.165, 1.54) is 11.2 Å². The molecular formula is C10H17NO5S. The lowest BCUT2D eigenvalue weighted by Gasteiger charge is -2.20. The molecule has 2 aliphatic rings. The molecule has 2 rings (SSSR count). The molecule has 1 saturated heterocycles. The smallest absolute Gasteiger partial charge is 0.323 e. The molecule has 0 spiro atoms. The fourth-order valence-corrected chi connectivity index (χ4v) is 4.24. The molecule has 6 nitrogen and oxygen atoms in total. The molecule has 0 radical (unpaired) electrons. The van der Waals surface area contributed by atoms with Crippen LogP contribution in [-0.2, 0) is 14.8 Å². The van der Waals surface area contributed by atoms with Gasteiger partial charge in [0.2, 0.25) is 10.0 Å². The van der Waals surface area contributed by atoms with Gasteiger partial charge in [0.15, 0.2) is 5.25 Å². The summed E-state index contributed by atoms with van der Waals surface area (Å²) in [4.78, 5) is 10.8. The molecule has 2 fully saturated rings. The van der Waals surface area contributed by atoms with Crippen molar-refractivity contribution in [1.82, 2.24) is 4.31 Å². The molecule has 4 unspecified atom stereocenters. The average Bonchev–Trinajstić information content (AvgIpc) is 2.80. The minimum atomic E-state index is -3.78. The summed E-state index contributed by atoms with van der Waals surface area (Å²) < 4.78 is 25.2. The number of carboxylic acids is 1. The molecule has 1 aliphatic heterocycles. The summed E-state index contributed by atoms with van der Waals surface area (Å²) >= 11 is 0. The number of rotatable bonds is 3. The van der Waals surface area contributed by atoms with Crippen LogP contribution < -0.4 is 0 Å². The van der Waals surface area contributed by atoms with Gasteiger partial charge in [0.1, 0.15) is 0 Å². The number of aliphatic hydroxyl groups is 1. The van der Waals surface area contributed by atoms with Gasteiger partial charge in [0.25, 0.3) is 0 Å². The van der Waals surface area contributed by atoms with Crippen LogP contribution in [0.15, 0.2) is 0 Å². The summed E-state index contributed by atoms with van der Waals surface area (Å²) in [6.07, 6.45) is 1.09. The highest BCUT2D eigenvalue weighted by Gasteiger charge is 2.47. The van der Waals surface area contributed by atoms with E-state index in [0.29, 0.717) is 6.54 Å². The van der Waals surface area contributed by atoms with Crippen LogP contribution in [0.4, 0.5) is 0 Å². The number of aliphatic hydroxyl groups excluding tert-OH is 1. The van der Waals surface area contributed by atoms with Crippen molar-refractivity contribution in [3.05, 3.63) is 0 Å². The largest absolute Gasteiger partial charge is 0.480 e. The van der Waals surface area contributed by atoms with Gasteiger partial charge in [-0.2, -0.15) is 0 Å². The first-order valence-corrected chi connectivity index (χ1v) is 7.24. The van der Waals surface area contributed by atoms with Crippen molar-refractivity contribution in [2.75, 3.05) is 13.1 Å². The lowest BCUT2D eigenvalue weighted by atomic mass is 10.00. The van der Waals surface area contributed by atoms with Crippen LogP contribution in [0.1, 0.15) is 19.8 Å². The average molecular weight is 263 g/mol. The number of hydrogen-bond donors (Lipinski definition) is 2. The highest BCUT2D eigenvalue weighted by molar-refractivity contribution is 7.90. The third-order valence-corrected chi connectivity index (χ3v) is 6.05. The van der Waals surface area contributed by atoms with Crippen LogP contribution in [0.2, 0.25) is 0 Å².